The summed E-state index contributed by atoms with van der Waals surface area (Å²) in [6, 6.07) is 9.84. The van der Waals surface area contributed by atoms with Crippen LogP contribution in [0.1, 0.15) is 18.4 Å². The summed E-state index contributed by atoms with van der Waals surface area (Å²) >= 11 is 0. The van der Waals surface area contributed by atoms with Crippen molar-refractivity contribution < 1.29 is 9.59 Å². The normalized spacial score (nSPS) is 11.6. The fourth-order valence-electron chi connectivity index (χ4n) is 1.34. The molecule has 0 bridgehead atoms. The van der Waals surface area contributed by atoms with Crippen LogP contribution in [0.25, 0.3) is 0 Å². The van der Waals surface area contributed by atoms with E-state index in [1.165, 1.54) is 7.05 Å². The van der Waals surface area contributed by atoms with E-state index in [-0.39, 0.29) is 5.92 Å². The smallest absolute Gasteiger partial charge is 0.309 e. The van der Waals surface area contributed by atoms with Crippen LogP contribution in [0.15, 0.2) is 30.3 Å². The van der Waals surface area contributed by atoms with Crippen LogP contribution in [0.3, 0.4) is 0 Å². The Morgan fingerprint density at radius 2 is 1.81 bits per heavy atom. The third kappa shape index (κ3) is 3.38. The van der Waals surface area contributed by atoms with Gasteiger partial charge in [0, 0.05) is 13.6 Å². The molecule has 0 radical (unpaired) electrons. The summed E-state index contributed by atoms with van der Waals surface area (Å²) in [5.74, 6) is -1.01. The number of benzene rings is 1. The average Bonchev–Trinajstić information content (AvgIpc) is 2.35. The third-order valence-corrected chi connectivity index (χ3v) is 2.37. The second kappa shape index (κ2) is 5.90. The molecule has 0 aliphatic heterocycles. The van der Waals surface area contributed by atoms with Crippen molar-refractivity contribution in [2.24, 2.45) is 0 Å². The van der Waals surface area contributed by atoms with E-state index < -0.39 is 11.8 Å². The topological polar surface area (TPSA) is 58.2 Å². The number of carbonyl (C=O) groups is 2. The predicted octanol–water partition coefficient (Wildman–Crippen LogP) is 0.652. The first-order valence-electron chi connectivity index (χ1n) is 5.20. The van der Waals surface area contributed by atoms with E-state index in [2.05, 4.69) is 10.6 Å². The lowest BCUT2D eigenvalue weighted by atomic mass is 10.0. The van der Waals surface area contributed by atoms with Gasteiger partial charge in [-0.25, -0.2) is 0 Å². The molecule has 2 N–H and O–H groups in total. The number of nitrogens with one attached hydrogen (secondary N) is 2. The highest BCUT2D eigenvalue weighted by molar-refractivity contribution is 6.35. The highest BCUT2D eigenvalue weighted by atomic mass is 16.2. The summed E-state index contributed by atoms with van der Waals surface area (Å²) < 4.78 is 0. The molecule has 16 heavy (non-hydrogen) atoms. The maximum Gasteiger partial charge on any atom is 0.309 e. The minimum Gasteiger partial charge on any atom is -0.351 e. The van der Waals surface area contributed by atoms with Crippen LogP contribution in [0, 0.1) is 0 Å². The number of carbonyl (C=O) groups excluding carboxylic acids is 2. The fourth-order valence-corrected chi connectivity index (χ4v) is 1.34. The van der Waals surface area contributed by atoms with Gasteiger partial charge in [-0.2, -0.15) is 0 Å². The van der Waals surface area contributed by atoms with Crippen molar-refractivity contribution in [3.63, 3.8) is 0 Å². The Bertz CT molecular complexity index is 363. The van der Waals surface area contributed by atoms with Gasteiger partial charge in [0.25, 0.3) is 0 Å². The average molecular weight is 220 g/mol. The molecule has 0 spiro atoms. The molecule has 0 heterocycles. The van der Waals surface area contributed by atoms with Gasteiger partial charge in [0.15, 0.2) is 0 Å². The van der Waals surface area contributed by atoms with E-state index >= 15 is 0 Å². The molecule has 0 fully saturated rings. The summed E-state index contributed by atoms with van der Waals surface area (Å²) in [6.07, 6.45) is 0. The van der Waals surface area contributed by atoms with Gasteiger partial charge >= 0.3 is 11.8 Å². The standard InChI is InChI=1S/C12H16N2O2/c1-9(10-6-4-3-5-7-10)8-14-12(16)11(15)13-2/h3-7,9H,8H2,1-2H3,(H,13,15)(H,14,16)/t9-/m1/s1. The summed E-state index contributed by atoms with van der Waals surface area (Å²) in [7, 11) is 1.43. The predicted molar refractivity (Wildman–Crippen MR) is 61.9 cm³/mol. The van der Waals surface area contributed by atoms with Gasteiger partial charge in [-0.3, -0.25) is 9.59 Å². The van der Waals surface area contributed by atoms with Gasteiger partial charge in [0.2, 0.25) is 0 Å². The molecule has 0 saturated carbocycles. The minimum absolute atomic E-state index is 0.190. The Labute approximate surface area is 95.0 Å². The second-order valence-electron chi connectivity index (χ2n) is 3.60. The maximum atomic E-state index is 11.2. The molecule has 2 amide bonds. The van der Waals surface area contributed by atoms with Crippen LogP contribution in [0.4, 0.5) is 0 Å². The van der Waals surface area contributed by atoms with Crippen LogP contribution >= 0.6 is 0 Å². The molecule has 86 valence electrons. The van der Waals surface area contributed by atoms with Gasteiger partial charge < -0.3 is 10.6 Å². The van der Waals surface area contributed by atoms with E-state index in [1.807, 2.05) is 37.3 Å². The monoisotopic (exact) mass is 220 g/mol. The quantitative estimate of drug-likeness (QED) is 0.735. The lowest BCUT2D eigenvalue weighted by Crippen LogP contribution is -2.39. The molecule has 4 nitrogen and oxygen atoms in total. The van der Waals surface area contributed by atoms with E-state index in [1.54, 1.807) is 0 Å². The van der Waals surface area contributed by atoms with Crippen LogP contribution in [-0.4, -0.2) is 25.4 Å². The Kier molecular flexibility index (Phi) is 4.51. The number of hydrogen-bond acceptors (Lipinski definition) is 2. The van der Waals surface area contributed by atoms with Crippen LogP contribution in [-0.2, 0) is 9.59 Å². The van der Waals surface area contributed by atoms with Gasteiger partial charge in [0.1, 0.15) is 0 Å². The third-order valence-electron chi connectivity index (χ3n) is 2.37. The Morgan fingerprint density at radius 1 is 1.19 bits per heavy atom. The van der Waals surface area contributed by atoms with Crippen molar-refractivity contribution in [3.8, 4) is 0 Å². The SMILES string of the molecule is CNC(=O)C(=O)NC[C@@H](C)c1ccccc1. The van der Waals surface area contributed by atoms with Crippen molar-refractivity contribution in [3.05, 3.63) is 35.9 Å². The Morgan fingerprint density at radius 3 is 2.38 bits per heavy atom. The minimum atomic E-state index is -0.611. The highest BCUT2D eigenvalue weighted by Crippen LogP contribution is 2.12. The zero-order valence-corrected chi connectivity index (χ0v) is 9.49. The van der Waals surface area contributed by atoms with Gasteiger partial charge in [0.05, 0.1) is 0 Å². The molecule has 0 aliphatic carbocycles. The highest BCUT2D eigenvalue weighted by Gasteiger charge is 2.12. The molecular weight excluding hydrogens is 204 g/mol. The zero-order chi connectivity index (χ0) is 12.0. The Balaban J connectivity index is 2.45. The summed E-state index contributed by atoms with van der Waals surface area (Å²) in [5.41, 5.74) is 1.14. The molecule has 1 aromatic rings. The molecule has 4 heteroatoms. The molecule has 1 aromatic carbocycles. The van der Waals surface area contributed by atoms with Gasteiger partial charge in [-0.05, 0) is 11.5 Å². The summed E-state index contributed by atoms with van der Waals surface area (Å²) in [6.45, 7) is 2.45. The first kappa shape index (κ1) is 12.2. The number of rotatable bonds is 3. The fraction of sp³-hybridized carbons (Fsp3) is 0.333. The van der Waals surface area contributed by atoms with E-state index in [9.17, 15) is 9.59 Å². The van der Waals surface area contributed by atoms with Crippen molar-refractivity contribution in [1.82, 2.24) is 10.6 Å². The number of hydrogen-bond donors (Lipinski definition) is 2. The van der Waals surface area contributed by atoms with Crippen molar-refractivity contribution in [1.29, 1.82) is 0 Å². The largest absolute Gasteiger partial charge is 0.351 e. The molecule has 0 aromatic heterocycles. The van der Waals surface area contributed by atoms with Crippen LogP contribution in [0.2, 0.25) is 0 Å². The van der Waals surface area contributed by atoms with Gasteiger partial charge in [-0.15, -0.1) is 0 Å². The first-order valence-corrected chi connectivity index (χ1v) is 5.20. The molecule has 1 rings (SSSR count). The second-order valence-corrected chi connectivity index (χ2v) is 3.60. The Hall–Kier alpha value is -1.84. The van der Waals surface area contributed by atoms with E-state index in [0.29, 0.717) is 6.54 Å². The molecule has 1 atom stereocenters. The van der Waals surface area contributed by atoms with Crippen LogP contribution in [0.5, 0.6) is 0 Å². The number of likely N-dealkylation sites (N-methyl/N-ethyl adjacent to an activating group) is 1. The lowest BCUT2D eigenvalue weighted by molar-refractivity contribution is -0.138. The number of amides is 2. The molecular formula is C12H16N2O2. The molecule has 0 unspecified atom stereocenters. The van der Waals surface area contributed by atoms with Gasteiger partial charge in [-0.1, -0.05) is 37.3 Å². The van der Waals surface area contributed by atoms with E-state index in [4.69, 9.17) is 0 Å². The van der Waals surface area contributed by atoms with E-state index in [0.717, 1.165) is 5.56 Å². The van der Waals surface area contributed by atoms with Crippen molar-refractivity contribution in [2.45, 2.75) is 12.8 Å². The first-order chi connectivity index (χ1) is 7.65. The zero-order valence-electron chi connectivity index (χ0n) is 9.49. The molecule has 0 saturated heterocycles. The van der Waals surface area contributed by atoms with Crippen molar-refractivity contribution in [2.75, 3.05) is 13.6 Å². The maximum absolute atomic E-state index is 11.2. The van der Waals surface area contributed by atoms with Crippen LogP contribution < -0.4 is 10.6 Å². The lowest BCUT2D eigenvalue weighted by Gasteiger charge is -2.12. The van der Waals surface area contributed by atoms with Crippen molar-refractivity contribution >= 4 is 11.8 Å². The summed E-state index contributed by atoms with van der Waals surface area (Å²) in [5, 5.41) is 4.86. The molecule has 0 aliphatic rings. The summed E-state index contributed by atoms with van der Waals surface area (Å²) in [4.78, 5) is 22.1.